The lowest BCUT2D eigenvalue weighted by Gasteiger charge is -2.47. The molecule has 0 amide bonds. The van der Waals surface area contributed by atoms with Gasteiger partial charge in [-0.1, -0.05) is 48.0 Å². The van der Waals surface area contributed by atoms with Gasteiger partial charge in [0.05, 0.1) is 0 Å². The number of para-hydroxylation sites is 1. The van der Waals surface area contributed by atoms with Crippen molar-refractivity contribution in [3.63, 3.8) is 0 Å². The molecule has 6 heteroatoms. The van der Waals surface area contributed by atoms with E-state index in [2.05, 4.69) is 74.0 Å². The molecule has 37 heavy (non-hydrogen) atoms. The highest BCUT2D eigenvalue weighted by Crippen LogP contribution is 2.51. The predicted octanol–water partition coefficient (Wildman–Crippen LogP) is 5.05. The fourth-order valence-corrected chi connectivity index (χ4v) is 6.56. The zero-order chi connectivity index (χ0) is 26.2. The molecule has 0 spiro atoms. The molecule has 6 nitrogen and oxygen atoms in total. The molecular weight excluding hydrogens is 462 g/mol. The predicted molar refractivity (Wildman–Crippen MR) is 149 cm³/mol. The Morgan fingerprint density at radius 3 is 2.43 bits per heavy atom. The van der Waals surface area contributed by atoms with Gasteiger partial charge in [0.1, 0.15) is 24.0 Å². The second-order valence-electron chi connectivity index (χ2n) is 11.6. The maximum absolute atomic E-state index is 10.6. The van der Waals surface area contributed by atoms with Crippen LogP contribution >= 0.6 is 0 Å². The number of fused-ring (bicyclic) bond motifs is 1. The Morgan fingerprint density at radius 2 is 1.76 bits per heavy atom. The van der Waals surface area contributed by atoms with Gasteiger partial charge in [0.2, 0.25) is 0 Å². The molecule has 5 rings (SSSR count). The quantitative estimate of drug-likeness (QED) is 0.344. The first-order valence-electron chi connectivity index (χ1n) is 13.6. The molecule has 2 aromatic carbocycles. The average molecular weight is 504 g/mol. The summed E-state index contributed by atoms with van der Waals surface area (Å²) in [4.78, 5) is 10.4. The molecule has 1 saturated heterocycles. The van der Waals surface area contributed by atoms with Crippen molar-refractivity contribution < 1.29 is 14.4 Å². The van der Waals surface area contributed by atoms with Gasteiger partial charge in [0.25, 0.3) is 0 Å². The van der Waals surface area contributed by atoms with Crippen LogP contribution in [0.3, 0.4) is 0 Å². The van der Waals surface area contributed by atoms with Crippen molar-refractivity contribution in [2.75, 3.05) is 46.4 Å². The van der Waals surface area contributed by atoms with Crippen molar-refractivity contribution in [2.24, 2.45) is 11.1 Å². The number of furan rings is 1. The average Bonchev–Trinajstić information content (AvgIpc) is 3.25. The monoisotopic (exact) mass is 503 g/mol. The molecule has 0 bridgehead atoms. The van der Waals surface area contributed by atoms with Crippen molar-refractivity contribution in [3.8, 4) is 0 Å². The summed E-state index contributed by atoms with van der Waals surface area (Å²) in [7, 11) is 2.14. The summed E-state index contributed by atoms with van der Waals surface area (Å²) in [6.45, 7) is 13.8. The van der Waals surface area contributed by atoms with Gasteiger partial charge in [-0.3, -0.25) is 4.90 Å². The first-order chi connectivity index (χ1) is 17.7. The topological polar surface area (TPSA) is 61.4 Å². The lowest BCUT2D eigenvalue weighted by Crippen LogP contribution is -2.47. The van der Waals surface area contributed by atoms with Crippen molar-refractivity contribution in [3.05, 3.63) is 70.5 Å². The number of aliphatic hydroxyl groups is 1. The molecule has 198 valence electrons. The van der Waals surface area contributed by atoms with Gasteiger partial charge in [-0.25, -0.2) is 0 Å². The highest BCUT2D eigenvalue weighted by Gasteiger charge is 2.46. The van der Waals surface area contributed by atoms with E-state index < -0.39 is 6.10 Å². The Balaban J connectivity index is 1.32. The minimum atomic E-state index is -0.575. The second-order valence-corrected chi connectivity index (χ2v) is 11.6. The van der Waals surface area contributed by atoms with E-state index in [9.17, 15) is 5.11 Å². The molecule has 2 heterocycles. The molecule has 1 aromatic heterocycles. The third-order valence-electron chi connectivity index (χ3n) is 8.23. The molecule has 2 fully saturated rings. The van der Waals surface area contributed by atoms with Crippen molar-refractivity contribution >= 4 is 16.7 Å². The maximum Gasteiger partial charge on any atom is 0.153 e. The fraction of sp³-hybridized carbons (Fsp3) is 0.516. The van der Waals surface area contributed by atoms with Crippen LogP contribution in [0.15, 0.2) is 52.0 Å². The zero-order valence-corrected chi connectivity index (χ0v) is 23.0. The van der Waals surface area contributed by atoms with Gasteiger partial charge in [0, 0.05) is 44.0 Å². The lowest BCUT2D eigenvalue weighted by atomic mass is 9.57. The molecule has 1 atom stereocenters. The summed E-state index contributed by atoms with van der Waals surface area (Å²) in [5, 5.41) is 16.3. The number of piperazine rings is 1. The van der Waals surface area contributed by atoms with E-state index in [0.29, 0.717) is 6.54 Å². The number of oxime groups is 1. The summed E-state index contributed by atoms with van der Waals surface area (Å²) >= 11 is 0. The van der Waals surface area contributed by atoms with Crippen molar-refractivity contribution in [1.29, 1.82) is 0 Å². The normalized spacial score (nSPS) is 24.3. The van der Waals surface area contributed by atoms with Crippen LogP contribution in [0.1, 0.15) is 47.8 Å². The van der Waals surface area contributed by atoms with Crippen LogP contribution in [0, 0.1) is 26.7 Å². The van der Waals surface area contributed by atoms with Crippen molar-refractivity contribution in [1.82, 2.24) is 9.80 Å². The summed E-state index contributed by atoms with van der Waals surface area (Å²) in [6.07, 6.45) is 1.40. The van der Waals surface area contributed by atoms with E-state index in [1.807, 2.05) is 18.2 Å². The Morgan fingerprint density at radius 1 is 1.08 bits per heavy atom. The van der Waals surface area contributed by atoms with E-state index >= 15 is 0 Å². The first-order valence-corrected chi connectivity index (χ1v) is 13.6. The largest absolute Gasteiger partial charge is 0.455 e. The SMILES string of the molecule is Cc1cc(C)c(C2(C)CC(/C(=N\OCC(O)CN3CCN(C)CC3)c3cc4ccccc4o3)C2)c(C)c1. The van der Waals surface area contributed by atoms with Crippen LogP contribution < -0.4 is 0 Å². The Kier molecular flexibility index (Phi) is 7.44. The Hall–Kier alpha value is -2.67. The lowest BCUT2D eigenvalue weighted by molar-refractivity contribution is 0.00982. The van der Waals surface area contributed by atoms with E-state index in [-0.39, 0.29) is 17.9 Å². The van der Waals surface area contributed by atoms with Gasteiger partial charge in [0.15, 0.2) is 5.76 Å². The number of aryl methyl sites for hydroxylation is 3. The number of nitrogens with zero attached hydrogens (tertiary/aromatic N) is 3. The summed E-state index contributed by atoms with van der Waals surface area (Å²) in [5.41, 5.74) is 7.30. The van der Waals surface area contributed by atoms with Crippen molar-refractivity contribution in [2.45, 2.75) is 52.1 Å². The highest BCUT2D eigenvalue weighted by molar-refractivity contribution is 6.03. The number of rotatable bonds is 8. The van der Waals surface area contributed by atoms with E-state index in [1.54, 1.807) is 0 Å². The Labute approximate surface area is 220 Å². The third-order valence-corrected chi connectivity index (χ3v) is 8.23. The number of aliphatic hydroxyl groups excluding tert-OH is 1. The fourth-order valence-electron chi connectivity index (χ4n) is 6.56. The van der Waals surface area contributed by atoms with E-state index in [4.69, 9.17) is 9.25 Å². The number of benzene rings is 2. The third kappa shape index (κ3) is 5.62. The number of hydrogen-bond acceptors (Lipinski definition) is 6. The summed E-state index contributed by atoms with van der Waals surface area (Å²) in [6, 6.07) is 14.7. The van der Waals surface area contributed by atoms with Gasteiger partial charge in [-0.15, -0.1) is 0 Å². The molecule has 3 aromatic rings. The standard InChI is InChI=1S/C31H41N3O3/c1-21-14-22(2)29(23(3)15-21)31(4)17-25(18-31)30(28-16-24-8-6-7-9-27(24)37-28)32-36-20-26(35)19-34-12-10-33(5)11-13-34/h6-9,14-16,25-26,35H,10-13,17-20H2,1-5H3/b32-30+. The molecule has 1 unspecified atom stereocenters. The molecule has 1 aliphatic heterocycles. The number of β-amino-alcohol motifs (C(OH)–C–C–N with tert-alkyl or cyclic N) is 1. The molecule has 1 saturated carbocycles. The zero-order valence-electron chi connectivity index (χ0n) is 23.0. The van der Waals surface area contributed by atoms with Crippen LogP contribution in [0.2, 0.25) is 0 Å². The maximum atomic E-state index is 10.6. The first kappa shape index (κ1) is 26.0. The smallest absolute Gasteiger partial charge is 0.153 e. The van der Waals surface area contributed by atoms with Crippen LogP contribution in [-0.4, -0.2) is 73.1 Å². The van der Waals surface area contributed by atoms with Gasteiger partial charge in [-0.05, 0) is 74.9 Å². The van der Waals surface area contributed by atoms with E-state index in [0.717, 1.165) is 61.5 Å². The molecule has 1 aliphatic carbocycles. The summed E-state index contributed by atoms with van der Waals surface area (Å²) < 4.78 is 6.23. The minimum Gasteiger partial charge on any atom is -0.455 e. The van der Waals surface area contributed by atoms with Gasteiger partial charge >= 0.3 is 0 Å². The van der Waals surface area contributed by atoms with Crippen LogP contribution in [0.25, 0.3) is 11.0 Å². The molecule has 1 N–H and O–H groups in total. The summed E-state index contributed by atoms with van der Waals surface area (Å²) in [5.74, 6) is 1.000. The van der Waals surface area contributed by atoms with E-state index in [1.165, 1.54) is 22.3 Å². The number of hydrogen-bond donors (Lipinski definition) is 1. The van der Waals surface area contributed by atoms with Gasteiger partial charge in [-0.2, -0.15) is 0 Å². The van der Waals surface area contributed by atoms with Crippen LogP contribution in [0.4, 0.5) is 0 Å². The highest BCUT2D eigenvalue weighted by atomic mass is 16.6. The van der Waals surface area contributed by atoms with Crippen LogP contribution in [-0.2, 0) is 10.3 Å². The molecular formula is C31H41N3O3. The van der Waals surface area contributed by atoms with Crippen LogP contribution in [0.5, 0.6) is 0 Å². The molecule has 2 aliphatic rings. The minimum absolute atomic E-state index is 0.0975. The molecule has 0 radical (unpaired) electrons. The Bertz CT molecular complexity index is 1210. The second kappa shape index (κ2) is 10.6. The number of likely N-dealkylation sites (N-methyl/N-ethyl adjacent to an activating group) is 1. The van der Waals surface area contributed by atoms with Gasteiger partial charge < -0.3 is 19.3 Å².